The van der Waals surface area contributed by atoms with Gasteiger partial charge in [-0.15, -0.1) is 0 Å². The molecular weight excluding hydrogens is 278 g/mol. The topological polar surface area (TPSA) is 64.0 Å². The summed E-state index contributed by atoms with van der Waals surface area (Å²) in [7, 11) is 1.76. The van der Waals surface area contributed by atoms with Crippen molar-refractivity contribution in [1.29, 1.82) is 0 Å². The first kappa shape index (κ1) is 14.0. The van der Waals surface area contributed by atoms with Gasteiger partial charge in [0.05, 0.1) is 10.9 Å². The molecule has 1 amide bonds. The summed E-state index contributed by atoms with van der Waals surface area (Å²) < 4.78 is 1.70. The van der Waals surface area contributed by atoms with Crippen LogP contribution in [0.3, 0.4) is 0 Å². The zero-order valence-electron chi connectivity index (χ0n) is 12.3. The van der Waals surface area contributed by atoms with Crippen LogP contribution < -0.4 is 10.9 Å². The number of rotatable bonds is 2. The molecule has 0 fully saturated rings. The van der Waals surface area contributed by atoms with E-state index in [1.54, 1.807) is 35.9 Å². The van der Waals surface area contributed by atoms with E-state index < -0.39 is 0 Å². The van der Waals surface area contributed by atoms with Gasteiger partial charge < -0.3 is 4.57 Å². The van der Waals surface area contributed by atoms with Gasteiger partial charge in [-0.25, -0.2) is 0 Å². The lowest BCUT2D eigenvalue weighted by molar-refractivity contribution is 0.102. The largest absolute Gasteiger partial charge is 0.314 e. The molecule has 5 heteroatoms. The number of hydrogen-bond donors (Lipinski definition) is 1. The van der Waals surface area contributed by atoms with Crippen LogP contribution in [-0.4, -0.2) is 15.5 Å². The van der Waals surface area contributed by atoms with E-state index in [0.29, 0.717) is 10.9 Å². The monoisotopic (exact) mass is 293 g/mol. The van der Waals surface area contributed by atoms with E-state index >= 15 is 0 Å². The van der Waals surface area contributed by atoms with E-state index in [4.69, 9.17) is 0 Å². The number of carbonyl (C=O) groups excluding carboxylic acids is 1. The molecule has 110 valence electrons. The lowest BCUT2D eigenvalue weighted by Gasteiger charge is -2.11. The molecule has 0 bridgehead atoms. The molecule has 3 aromatic rings. The SMILES string of the molecule is Cc1ccc(C(=O)Nc2nc(=O)c3ccccc3n2C)cc1. The van der Waals surface area contributed by atoms with Gasteiger partial charge in [-0.1, -0.05) is 29.8 Å². The van der Waals surface area contributed by atoms with Crippen molar-refractivity contribution in [3.63, 3.8) is 0 Å². The quantitative estimate of drug-likeness (QED) is 0.789. The summed E-state index contributed by atoms with van der Waals surface area (Å²) in [6, 6.07) is 14.4. The van der Waals surface area contributed by atoms with Crippen molar-refractivity contribution < 1.29 is 4.79 Å². The van der Waals surface area contributed by atoms with Crippen LogP contribution >= 0.6 is 0 Å². The van der Waals surface area contributed by atoms with Crippen LogP contribution in [0.1, 0.15) is 15.9 Å². The second-order valence-corrected chi connectivity index (χ2v) is 5.14. The highest BCUT2D eigenvalue weighted by molar-refractivity contribution is 6.03. The average Bonchev–Trinajstić information content (AvgIpc) is 2.53. The van der Waals surface area contributed by atoms with Crippen molar-refractivity contribution in [2.75, 3.05) is 5.32 Å². The van der Waals surface area contributed by atoms with E-state index in [1.807, 2.05) is 31.2 Å². The highest BCUT2D eigenvalue weighted by Gasteiger charge is 2.11. The minimum atomic E-state index is -0.354. The molecule has 22 heavy (non-hydrogen) atoms. The molecule has 0 aliphatic carbocycles. The predicted molar refractivity (Wildman–Crippen MR) is 86.1 cm³/mol. The van der Waals surface area contributed by atoms with Gasteiger partial charge >= 0.3 is 0 Å². The van der Waals surface area contributed by atoms with Crippen molar-refractivity contribution in [2.24, 2.45) is 7.05 Å². The molecule has 0 spiro atoms. The Morgan fingerprint density at radius 2 is 1.77 bits per heavy atom. The Labute approximate surface area is 127 Å². The summed E-state index contributed by atoms with van der Waals surface area (Å²) in [5.74, 6) is -0.0629. The third kappa shape index (κ3) is 2.48. The molecule has 1 heterocycles. The van der Waals surface area contributed by atoms with Crippen LogP contribution in [0.5, 0.6) is 0 Å². The van der Waals surface area contributed by atoms with Crippen molar-refractivity contribution in [2.45, 2.75) is 6.92 Å². The Morgan fingerprint density at radius 3 is 2.50 bits per heavy atom. The lowest BCUT2D eigenvalue weighted by atomic mass is 10.1. The fourth-order valence-corrected chi connectivity index (χ4v) is 2.28. The maximum atomic E-state index is 12.3. The number of anilines is 1. The number of aromatic nitrogens is 2. The summed E-state index contributed by atoms with van der Waals surface area (Å²) >= 11 is 0. The Balaban J connectivity index is 2.00. The Kier molecular flexibility index (Phi) is 3.47. The molecule has 0 saturated heterocycles. The van der Waals surface area contributed by atoms with Gasteiger partial charge in [-0.05, 0) is 31.2 Å². The van der Waals surface area contributed by atoms with Gasteiger partial charge in [0, 0.05) is 12.6 Å². The first-order valence-electron chi connectivity index (χ1n) is 6.90. The highest BCUT2D eigenvalue weighted by atomic mass is 16.2. The van der Waals surface area contributed by atoms with E-state index in [1.165, 1.54) is 0 Å². The Morgan fingerprint density at radius 1 is 1.09 bits per heavy atom. The van der Waals surface area contributed by atoms with Crippen LogP contribution in [0.4, 0.5) is 5.95 Å². The maximum absolute atomic E-state index is 12.3. The first-order valence-corrected chi connectivity index (χ1v) is 6.90. The highest BCUT2D eigenvalue weighted by Crippen LogP contribution is 2.13. The number of para-hydroxylation sites is 1. The van der Waals surface area contributed by atoms with Gasteiger partial charge in [0.1, 0.15) is 0 Å². The number of fused-ring (bicyclic) bond motifs is 1. The number of nitrogens with one attached hydrogen (secondary N) is 1. The zero-order chi connectivity index (χ0) is 15.7. The van der Waals surface area contributed by atoms with Gasteiger partial charge in [-0.2, -0.15) is 4.98 Å². The van der Waals surface area contributed by atoms with Crippen molar-refractivity contribution in [3.05, 3.63) is 70.0 Å². The summed E-state index contributed by atoms with van der Waals surface area (Å²) in [6.07, 6.45) is 0. The van der Waals surface area contributed by atoms with Crippen molar-refractivity contribution >= 4 is 22.8 Å². The molecule has 0 atom stereocenters. The predicted octanol–water partition coefficient (Wildman–Crippen LogP) is 2.49. The second-order valence-electron chi connectivity index (χ2n) is 5.14. The second kappa shape index (κ2) is 5.44. The molecule has 2 aromatic carbocycles. The van der Waals surface area contributed by atoms with Crippen molar-refractivity contribution in [3.8, 4) is 0 Å². The molecule has 0 radical (unpaired) electrons. The summed E-state index contributed by atoms with van der Waals surface area (Å²) in [5, 5.41) is 3.22. The van der Waals surface area contributed by atoms with Crippen LogP contribution in [0.15, 0.2) is 53.3 Å². The number of hydrogen-bond acceptors (Lipinski definition) is 3. The summed E-state index contributed by atoms with van der Waals surface area (Å²) in [5.41, 5.74) is 1.97. The summed E-state index contributed by atoms with van der Waals surface area (Å²) in [4.78, 5) is 28.3. The lowest BCUT2D eigenvalue weighted by Crippen LogP contribution is -2.21. The number of benzene rings is 2. The van der Waals surface area contributed by atoms with E-state index in [-0.39, 0.29) is 17.4 Å². The average molecular weight is 293 g/mol. The summed E-state index contributed by atoms with van der Waals surface area (Å²) in [6.45, 7) is 1.95. The minimum absolute atomic E-state index is 0.231. The number of amides is 1. The van der Waals surface area contributed by atoms with E-state index in [9.17, 15) is 9.59 Å². The maximum Gasteiger partial charge on any atom is 0.282 e. The molecule has 0 unspecified atom stereocenters. The van der Waals surface area contributed by atoms with Crippen LogP contribution in [0, 0.1) is 6.92 Å². The zero-order valence-corrected chi connectivity index (χ0v) is 12.3. The van der Waals surface area contributed by atoms with Crippen LogP contribution in [0.2, 0.25) is 0 Å². The Bertz CT molecular complexity index is 911. The van der Waals surface area contributed by atoms with Crippen LogP contribution in [-0.2, 0) is 7.05 Å². The van der Waals surface area contributed by atoms with E-state index in [0.717, 1.165) is 11.1 Å². The number of nitrogens with zero attached hydrogens (tertiary/aromatic N) is 2. The van der Waals surface area contributed by atoms with Crippen LogP contribution in [0.25, 0.3) is 10.9 Å². The van der Waals surface area contributed by atoms with E-state index in [2.05, 4.69) is 10.3 Å². The van der Waals surface area contributed by atoms with Gasteiger partial charge in [0.25, 0.3) is 11.5 Å². The third-order valence-corrected chi connectivity index (χ3v) is 3.56. The molecule has 0 aliphatic heterocycles. The Hall–Kier alpha value is -2.95. The fraction of sp³-hybridized carbons (Fsp3) is 0.118. The minimum Gasteiger partial charge on any atom is -0.314 e. The normalized spacial score (nSPS) is 10.6. The van der Waals surface area contributed by atoms with Crippen molar-refractivity contribution in [1.82, 2.24) is 9.55 Å². The number of aryl methyl sites for hydroxylation is 2. The molecular formula is C17H15N3O2. The molecule has 3 rings (SSSR count). The first-order chi connectivity index (χ1) is 10.6. The fourth-order valence-electron chi connectivity index (χ4n) is 2.28. The third-order valence-electron chi connectivity index (χ3n) is 3.56. The standard InChI is InChI=1S/C17H15N3O2/c1-11-7-9-12(10-8-11)15(21)18-17-19-16(22)13-5-3-4-6-14(13)20(17)2/h3-10H,1-2H3,(H,18,19,21,22). The van der Waals surface area contributed by atoms with Gasteiger partial charge in [-0.3, -0.25) is 14.9 Å². The smallest absolute Gasteiger partial charge is 0.282 e. The molecule has 5 nitrogen and oxygen atoms in total. The molecule has 1 aromatic heterocycles. The van der Waals surface area contributed by atoms with Gasteiger partial charge in [0.2, 0.25) is 5.95 Å². The number of carbonyl (C=O) groups is 1. The molecule has 0 saturated carbocycles. The van der Waals surface area contributed by atoms with Gasteiger partial charge in [0.15, 0.2) is 0 Å². The molecule has 1 N–H and O–H groups in total. The molecule has 0 aliphatic rings.